The summed E-state index contributed by atoms with van der Waals surface area (Å²) in [7, 11) is 0. The monoisotopic (exact) mass is 145 g/mol. The van der Waals surface area contributed by atoms with Crippen LogP contribution in [0, 0.1) is 0 Å². The molecule has 0 radical (unpaired) electrons. The van der Waals surface area contributed by atoms with Gasteiger partial charge in [-0.2, -0.15) is 0 Å². The molecule has 11 heavy (non-hydrogen) atoms. The summed E-state index contributed by atoms with van der Waals surface area (Å²) in [6.45, 7) is 0. The molecule has 2 aliphatic rings. The molecule has 2 heterocycles. The van der Waals surface area contributed by atoms with E-state index in [4.69, 9.17) is 4.74 Å². The molecule has 2 heteroatoms. The topological polar surface area (TPSA) is 21.6 Å². The summed E-state index contributed by atoms with van der Waals surface area (Å²) in [4.78, 5) is 3.96. The Bertz CT molecular complexity index is 306. The second-order valence-electron chi connectivity index (χ2n) is 2.21. The fourth-order valence-corrected chi connectivity index (χ4v) is 0.963. The smallest absolute Gasteiger partial charge is 0.135 e. The molecule has 0 bridgehead atoms. The number of hydrogen-bond donors (Lipinski definition) is 0. The Labute approximate surface area is 64.9 Å². The van der Waals surface area contributed by atoms with Gasteiger partial charge in [-0.15, -0.1) is 0 Å². The van der Waals surface area contributed by atoms with Gasteiger partial charge < -0.3 is 4.74 Å². The molecule has 0 saturated carbocycles. The molecule has 0 N–H and O–H groups in total. The van der Waals surface area contributed by atoms with Gasteiger partial charge in [0.05, 0.1) is 6.26 Å². The van der Waals surface area contributed by atoms with E-state index in [1.807, 2.05) is 24.3 Å². The van der Waals surface area contributed by atoms with E-state index < -0.39 is 0 Å². The van der Waals surface area contributed by atoms with Gasteiger partial charge in [-0.1, -0.05) is 0 Å². The van der Waals surface area contributed by atoms with E-state index in [0.717, 1.165) is 11.3 Å². The molecule has 0 aromatic carbocycles. The maximum absolute atomic E-state index is 5.23. The lowest BCUT2D eigenvalue weighted by molar-refractivity contribution is 0.360. The molecule has 2 aliphatic heterocycles. The van der Waals surface area contributed by atoms with Crippen LogP contribution in [0.3, 0.4) is 0 Å². The minimum absolute atomic E-state index is 0.852. The Kier molecular flexibility index (Phi) is 1.44. The van der Waals surface area contributed by atoms with Crippen molar-refractivity contribution in [2.75, 3.05) is 0 Å². The van der Waals surface area contributed by atoms with Gasteiger partial charge >= 0.3 is 0 Å². The third kappa shape index (κ3) is 1.15. The van der Waals surface area contributed by atoms with Crippen molar-refractivity contribution in [1.29, 1.82) is 0 Å². The minimum Gasteiger partial charge on any atom is -0.464 e. The first-order chi connectivity index (χ1) is 5.47. The summed E-state index contributed by atoms with van der Waals surface area (Å²) < 4.78 is 5.23. The van der Waals surface area contributed by atoms with E-state index in [0.29, 0.717) is 0 Å². The van der Waals surface area contributed by atoms with E-state index in [-0.39, 0.29) is 0 Å². The molecule has 0 unspecified atom stereocenters. The van der Waals surface area contributed by atoms with Gasteiger partial charge in [0, 0.05) is 18.0 Å². The first-order valence-electron chi connectivity index (χ1n) is 3.41. The molecule has 2 nitrogen and oxygen atoms in total. The van der Waals surface area contributed by atoms with Crippen LogP contribution in [0.15, 0.2) is 53.1 Å². The Balaban J connectivity index is 2.44. The van der Waals surface area contributed by atoms with Gasteiger partial charge in [0.1, 0.15) is 5.76 Å². The third-order valence-corrected chi connectivity index (χ3v) is 1.49. The lowest BCUT2D eigenvalue weighted by Crippen LogP contribution is -1.92. The highest BCUT2D eigenvalue weighted by Gasteiger charge is 2.04. The van der Waals surface area contributed by atoms with E-state index in [1.165, 1.54) is 0 Å². The van der Waals surface area contributed by atoms with E-state index >= 15 is 0 Å². The van der Waals surface area contributed by atoms with Crippen molar-refractivity contribution in [3.63, 3.8) is 0 Å². The lowest BCUT2D eigenvalue weighted by Gasteiger charge is -2.08. The number of aliphatic imine (C=N–C) groups is 1. The highest BCUT2D eigenvalue weighted by molar-refractivity contribution is 5.75. The highest BCUT2D eigenvalue weighted by Crippen LogP contribution is 2.18. The van der Waals surface area contributed by atoms with Crippen molar-refractivity contribution in [2.45, 2.75) is 0 Å². The predicted octanol–water partition coefficient (Wildman–Crippen LogP) is 1.94. The van der Waals surface area contributed by atoms with Crippen molar-refractivity contribution in [3.8, 4) is 0 Å². The summed E-state index contributed by atoms with van der Waals surface area (Å²) in [5, 5.41) is 0. The van der Waals surface area contributed by atoms with Gasteiger partial charge in [-0.25, -0.2) is 0 Å². The fourth-order valence-electron chi connectivity index (χ4n) is 0.963. The van der Waals surface area contributed by atoms with Crippen LogP contribution in [0.2, 0.25) is 0 Å². The molecule has 0 aliphatic carbocycles. The maximum atomic E-state index is 5.23. The van der Waals surface area contributed by atoms with Crippen LogP contribution in [-0.2, 0) is 4.74 Å². The summed E-state index contributed by atoms with van der Waals surface area (Å²) in [5.74, 6) is 0.852. The Morgan fingerprint density at radius 1 is 1.27 bits per heavy atom. The van der Waals surface area contributed by atoms with Crippen LogP contribution >= 0.6 is 0 Å². The zero-order valence-electron chi connectivity index (χ0n) is 5.90. The van der Waals surface area contributed by atoms with Crippen LogP contribution in [0.25, 0.3) is 0 Å². The van der Waals surface area contributed by atoms with Gasteiger partial charge in [0.25, 0.3) is 0 Å². The Morgan fingerprint density at radius 2 is 2.27 bits per heavy atom. The average molecular weight is 145 g/mol. The summed E-state index contributed by atoms with van der Waals surface area (Å²) in [6.07, 6.45) is 12.7. The van der Waals surface area contributed by atoms with Crippen LogP contribution in [-0.4, -0.2) is 6.21 Å². The van der Waals surface area contributed by atoms with Crippen molar-refractivity contribution in [1.82, 2.24) is 0 Å². The minimum atomic E-state index is 0.852. The van der Waals surface area contributed by atoms with Gasteiger partial charge in [0.15, 0.2) is 0 Å². The lowest BCUT2D eigenvalue weighted by atomic mass is 10.2. The molecular weight excluding hydrogens is 138 g/mol. The average Bonchev–Trinajstić information content (AvgIpc) is 2.28. The van der Waals surface area contributed by atoms with Crippen LogP contribution in [0.4, 0.5) is 0 Å². The van der Waals surface area contributed by atoms with E-state index in [9.17, 15) is 0 Å². The van der Waals surface area contributed by atoms with E-state index in [1.54, 1.807) is 18.7 Å². The first-order valence-corrected chi connectivity index (χ1v) is 3.41. The van der Waals surface area contributed by atoms with E-state index in [2.05, 4.69) is 4.99 Å². The second-order valence-corrected chi connectivity index (χ2v) is 2.21. The number of hydrogen-bond acceptors (Lipinski definition) is 2. The maximum Gasteiger partial charge on any atom is 0.135 e. The van der Waals surface area contributed by atoms with Crippen molar-refractivity contribution < 1.29 is 4.74 Å². The molecule has 0 aromatic rings. The summed E-state index contributed by atoms with van der Waals surface area (Å²) >= 11 is 0. The van der Waals surface area contributed by atoms with Crippen molar-refractivity contribution >= 4 is 6.21 Å². The molecule has 0 saturated heterocycles. The third-order valence-electron chi connectivity index (χ3n) is 1.49. The SMILES string of the molecule is C1=COC2=CC=NC=CC2=C1. The van der Waals surface area contributed by atoms with Gasteiger partial charge in [0.2, 0.25) is 0 Å². The predicted molar refractivity (Wildman–Crippen MR) is 44.0 cm³/mol. The number of rotatable bonds is 0. The molecule has 0 amide bonds. The number of nitrogens with zero attached hydrogens (tertiary/aromatic N) is 1. The zero-order chi connectivity index (χ0) is 7.52. The van der Waals surface area contributed by atoms with Crippen LogP contribution in [0.1, 0.15) is 0 Å². The number of fused-ring (bicyclic) bond motifs is 1. The molecule has 0 spiro atoms. The standard InChI is InChI=1S/C9H7NO/c1-2-8-3-5-10-6-4-9(8)11-7-1/h1-7H. The molecule has 0 fully saturated rings. The molecule has 0 atom stereocenters. The summed E-state index contributed by atoms with van der Waals surface area (Å²) in [6, 6.07) is 0. The van der Waals surface area contributed by atoms with Gasteiger partial charge in [-0.3, -0.25) is 4.99 Å². The summed E-state index contributed by atoms with van der Waals surface area (Å²) in [5.41, 5.74) is 1.06. The second kappa shape index (κ2) is 2.58. The Morgan fingerprint density at radius 3 is 3.27 bits per heavy atom. The number of allylic oxidation sites excluding steroid dienone is 4. The fraction of sp³-hybridized carbons (Fsp3) is 0. The number of ether oxygens (including phenoxy) is 1. The van der Waals surface area contributed by atoms with Crippen molar-refractivity contribution in [2.24, 2.45) is 4.99 Å². The first kappa shape index (κ1) is 6.16. The molecule has 54 valence electrons. The molecule has 0 aromatic heterocycles. The van der Waals surface area contributed by atoms with Crippen LogP contribution < -0.4 is 0 Å². The highest BCUT2D eigenvalue weighted by atomic mass is 16.5. The van der Waals surface area contributed by atoms with Crippen molar-refractivity contribution in [3.05, 3.63) is 48.1 Å². The quantitative estimate of drug-likeness (QED) is 0.510. The zero-order valence-corrected chi connectivity index (χ0v) is 5.90. The Hall–Kier alpha value is -1.57. The molecule has 2 rings (SSSR count). The normalized spacial score (nSPS) is 19.6. The van der Waals surface area contributed by atoms with Gasteiger partial charge in [-0.05, 0) is 24.3 Å². The van der Waals surface area contributed by atoms with Crippen LogP contribution in [0.5, 0.6) is 0 Å². The largest absolute Gasteiger partial charge is 0.464 e. The molecular formula is C9H7NO.